The minimum Gasteiger partial charge on any atom is -0.433 e. The Morgan fingerprint density at radius 3 is 2.50 bits per heavy atom. The Bertz CT molecular complexity index is 678. The number of allylic oxidation sites excluding steroid dienone is 1. The Balaban J connectivity index is 2.07. The van der Waals surface area contributed by atoms with E-state index in [0.29, 0.717) is 34.8 Å². The third-order valence-electron chi connectivity index (χ3n) is 4.18. The molecule has 1 heterocycles. The topological polar surface area (TPSA) is 69.4 Å². The molecule has 0 spiro atoms. The number of ketones is 1. The first kappa shape index (κ1) is 15.0. The number of hydrogen-bond donors (Lipinski definition) is 0. The van der Waals surface area contributed by atoms with Crippen molar-refractivity contribution >= 4 is 17.4 Å². The Morgan fingerprint density at radius 2 is 1.91 bits per heavy atom. The molecule has 22 heavy (non-hydrogen) atoms. The van der Waals surface area contributed by atoms with Crippen LogP contribution in [0.1, 0.15) is 38.2 Å². The lowest BCUT2D eigenvalue weighted by atomic mass is 9.73. The van der Waals surface area contributed by atoms with Crippen LogP contribution in [-0.2, 0) is 9.53 Å². The van der Waals surface area contributed by atoms with Crippen LogP contribution in [0.5, 0.6) is 0 Å². The van der Waals surface area contributed by atoms with Crippen LogP contribution in [-0.4, -0.2) is 16.9 Å². The smallest absolute Gasteiger partial charge is 0.364 e. The SMILES string of the molecule is CC1(C)CC(=O)C2=C(C1)O[C@H]([N+](=O)[O-])[C@H]2c1ccc(Cl)cc1. The van der Waals surface area contributed by atoms with E-state index in [0.717, 1.165) is 0 Å². The molecule has 0 aromatic heterocycles. The Labute approximate surface area is 133 Å². The zero-order valence-electron chi connectivity index (χ0n) is 12.3. The molecule has 1 aliphatic heterocycles. The summed E-state index contributed by atoms with van der Waals surface area (Å²) in [4.78, 5) is 23.4. The highest BCUT2D eigenvalue weighted by atomic mass is 35.5. The van der Waals surface area contributed by atoms with Gasteiger partial charge in [-0.2, -0.15) is 0 Å². The highest BCUT2D eigenvalue weighted by Gasteiger charge is 2.51. The predicted molar refractivity (Wildman–Crippen MR) is 81.1 cm³/mol. The van der Waals surface area contributed by atoms with Crippen LogP contribution in [0.3, 0.4) is 0 Å². The number of hydrogen-bond acceptors (Lipinski definition) is 4. The highest BCUT2D eigenvalue weighted by molar-refractivity contribution is 6.30. The second kappa shape index (κ2) is 5.09. The van der Waals surface area contributed by atoms with Crippen molar-refractivity contribution < 1.29 is 14.5 Å². The van der Waals surface area contributed by atoms with Gasteiger partial charge in [0.05, 0.1) is 10.5 Å². The maximum atomic E-state index is 12.5. The van der Waals surface area contributed by atoms with Crippen LogP contribution in [0.15, 0.2) is 35.6 Å². The average molecular weight is 322 g/mol. The summed E-state index contributed by atoms with van der Waals surface area (Å²) in [5.74, 6) is -0.246. The Morgan fingerprint density at radius 1 is 1.27 bits per heavy atom. The van der Waals surface area contributed by atoms with E-state index in [1.54, 1.807) is 24.3 Å². The van der Waals surface area contributed by atoms with Gasteiger partial charge in [-0.3, -0.25) is 14.9 Å². The van der Waals surface area contributed by atoms with Gasteiger partial charge in [0, 0.05) is 17.9 Å². The number of Topliss-reactive ketones (excluding diaryl/α,β-unsaturated/α-hetero) is 1. The van der Waals surface area contributed by atoms with E-state index < -0.39 is 17.1 Å². The first-order chi connectivity index (χ1) is 10.3. The van der Waals surface area contributed by atoms with Gasteiger partial charge in [-0.25, -0.2) is 0 Å². The zero-order valence-corrected chi connectivity index (χ0v) is 13.1. The van der Waals surface area contributed by atoms with Gasteiger partial charge in [-0.1, -0.05) is 37.6 Å². The standard InChI is InChI=1S/C16H16ClNO4/c1-16(2)7-11(19)14-12(8-16)22-15(18(20)21)13(14)9-3-5-10(17)6-4-9/h3-6,13,15H,7-8H2,1-2H3/t13-,15-/m0/s1. The van der Waals surface area contributed by atoms with Gasteiger partial charge in [-0.05, 0) is 23.1 Å². The number of benzene rings is 1. The minimum absolute atomic E-state index is 0.0597. The van der Waals surface area contributed by atoms with Crippen LogP contribution in [0.4, 0.5) is 0 Å². The van der Waals surface area contributed by atoms with Crippen molar-refractivity contribution in [1.82, 2.24) is 0 Å². The molecule has 5 nitrogen and oxygen atoms in total. The third kappa shape index (κ3) is 2.50. The monoisotopic (exact) mass is 321 g/mol. The van der Waals surface area contributed by atoms with Gasteiger partial charge in [0.1, 0.15) is 11.7 Å². The highest BCUT2D eigenvalue weighted by Crippen LogP contribution is 2.48. The van der Waals surface area contributed by atoms with E-state index in [1.807, 2.05) is 13.8 Å². The van der Waals surface area contributed by atoms with Gasteiger partial charge in [-0.15, -0.1) is 0 Å². The number of rotatable bonds is 2. The van der Waals surface area contributed by atoms with Crippen molar-refractivity contribution in [2.45, 2.75) is 38.8 Å². The third-order valence-corrected chi connectivity index (χ3v) is 4.43. The maximum absolute atomic E-state index is 12.5. The molecule has 0 fully saturated rings. The summed E-state index contributed by atoms with van der Waals surface area (Å²) >= 11 is 5.88. The van der Waals surface area contributed by atoms with E-state index in [9.17, 15) is 14.9 Å². The summed E-state index contributed by atoms with van der Waals surface area (Å²) < 4.78 is 5.56. The summed E-state index contributed by atoms with van der Waals surface area (Å²) in [7, 11) is 0. The van der Waals surface area contributed by atoms with Crippen molar-refractivity contribution in [2.24, 2.45) is 5.41 Å². The second-order valence-electron chi connectivity index (χ2n) is 6.60. The number of ether oxygens (including phenoxy) is 1. The molecule has 6 heteroatoms. The van der Waals surface area contributed by atoms with E-state index in [4.69, 9.17) is 16.3 Å². The molecule has 0 amide bonds. The summed E-state index contributed by atoms with van der Waals surface area (Å²) in [6.07, 6.45) is -0.323. The van der Waals surface area contributed by atoms with Gasteiger partial charge in [0.25, 0.3) is 0 Å². The van der Waals surface area contributed by atoms with Crippen LogP contribution in [0, 0.1) is 15.5 Å². The Kier molecular flexibility index (Phi) is 3.48. The van der Waals surface area contributed by atoms with Gasteiger partial charge < -0.3 is 4.74 Å². The quantitative estimate of drug-likeness (QED) is 0.615. The molecular weight excluding hydrogens is 306 g/mol. The molecule has 1 aromatic rings. The van der Waals surface area contributed by atoms with Crippen LogP contribution in [0.2, 0.25) is 5.02 Å². The van der Waals surface area contributed by atoms with Crippen molar-refractivity contribution in [3.63, 3.8) is 0 Å². The summed E-state index contributed by atoms with van der Waals surface area (Å²) in [5, 5.41) is 11.9. The molecule has 0 bridgehead atoms. The van der Waals surface area contributed by atoms with Gasteiger partial charge in [0.2, 0.25) is 0 Å². The lowest BCUT2D eigenvalue weighted by Crippen LogP contribution is -2.28. The number of carbonyl (C=O) groups is 1. The second-order valence-corrected chi connectivity index (χ2v) is 7.04. The molecule has 0 radical (unpaired) electrons. The number of nitro groups is 1. The Hall–Kier alpha value is -1.88. The van der Waals surface area contributed by atoms with Crippen molar-refractivity contribution in [3.05, 3.63) is 56.3 Å². The van der Waals surface area contributed by atoms with Crippen molar-refractivity contribution in [2.75, 3.05) is 0 Å². The number of halogens is 1. The van der Waals surface area contributed by atoms with Crippen molar-refractivity contribution in [1.29, 1.82) is 0 Å². The fourth-order valence-corrected chi connectivity index (χ4v) is 3.38. The summed E-state index contributed by atoms with van der Waals surface area (Å²) in [6, 6.07) is 6.78. The molecule has 116 valence electrons. The molecule has 0 unspecified atom stereocenters. The molecular formula is C16H16ClNO4. The maximum Gasteiger partial charge on any atom is 0.364 e. The largest absolute Gasteiger partial charge is 0.433 e. The van der Waals surface area contributed by atoms with E-state index in [2.05, 4.69) is 0 Å². The predicted octanol–water partition coefficient (Wildman–Crippen LogP) is 3.70. The lowest BCUT2D eigenvalue weighted by Gasteiger charge is -2.28. The summed E-state index contributed by atoms with van der Waals surface area (Å²) in [5.41, 5.74) is 0.916. The van der Waals surface area contributed by atoms with Crippen LogP contribution in [0.25, 0.3) is 0 Å². The first-order valence-electron chi connectivity index (χ1n) is 7.10. The van der Waals surface area contributed by atoms with Crippen molar-refractivity contribution in [3.8, 4) is 0 Å². The van der Waals surface area contributed by atoms with Gasteiger partial charge >= 0.3 is 6.23 Å². The average Bonchev–Trinajstić information content (AvgIpc) is 2.77. The molecule has 2 atom stereocenters. The molecule has 1 aromatic carbocycles. The molecule has 1 aliphatic carbocycles. The van der Waals surface area contributed by atoms with Gasteiger partial charge in [0.15, 0.2) is 5.78 Å². The summed E-state index contributed by atoms with van der Waals surface area (Å²) in [6.45, 7) is 3.93. The van der Waals surface area contributed by atoms with Crippen LogP contribution >= 0.6 is 11.6 Å². The molecule has 0 saturated heterocycles. The number of nitrogens with zero attached hydrogens (tertiary/aromatic N) is 1. The first-order valence-corrected chi connectivity index (χ1v) is 7.48. The van der Waals surface area contributed by atoms with E-state index in [1.165, 1.54) is 0 Å². The lowest BCUT2D eigenvalue weighted by molar-refractivity contribution is -0.570. The molecule has 2 aliphatic rings. The zero-order chi connectivity index (χ0) is 16.1. The number of carbonyl (C=O) groups excluding carboxylic acids is 1. The minimum atomic E-state index is -1.25. The molecule has 3 rings (SSSR count). The molecule has 0 N–H and O–H groups in total. The fourth-order valence-electron chi connectivity index (χ4n) is 3.25. The molecule has 0 saturated carbocycles. The van der Waals surface area contributed by atoms with Crippen LogP contribution < -0.4 is 0 Å². The fraction of sp³-hybridized carbons (Fsp3) is 0.438. The van der Waals surface area contributed by atoms with E-state index in [-0.39, 0.29) is 11.2 Å². The van der Waals surface area contributed by atoms with E-state index >= 15 is 0 Å². The normalized spacial score (nSPS) is 26.6.